The second-order valence-corrected chi connectivity index (χ2v) is 7.90. The summed E-state index contributed by atoms with van der Waals surface area (Å²) in [7, 11) is 0. The van der Waals surface area contributed by atoms with Gasteiger partial charge in [-0.1, -0.05) is 23.8 Å². The Morgan fingerprint density at radius 2 is 1.84 bits per heavy atom. The third-order valence-electron chi connectivity index (χ3n) is 5.81. The summed E-state index contributed by atoms with van der Waals surface area (Å²) >= 11 is 5.85. The molecular weight excluding hydrogens is 336 g/mol. The molecule has 1 aromatic carbocycles. The van der Waals surface area contributed by atoms with Gasteiger partial charge in [0.25, 0.3) is 5.91 Å². The number of rotatable bonds is 5. The van der Waals surface area contributed by atoms with Crippen molar-refractivity contribution in [1.29, 1.82) is 0 Å². The third-order valence-corrected chi connectivity index (χ3v) is 6.06. The molecule has 0 aromatic heterocycles. The lowest BCUT2D eigenvalue weighted by Gasteiger charge is -2.36. The minimum absolute atomic E-state index is 0.0671. The van der Waals surface area contributed by atoms with Crippen LogP contribution in [0.1, 0.15) is 12.8 Å². The highest BCUT2D eigenvalue weighted by Crippen LogP contribution is 2.43. The van der Waals surface area contributed by atoms with Gasteiger partial charge in [0.15, 0.2) is 6.61 Å². The zero-order valence-electron chi connectivity index (χ0n) is 14.4. The monoisotopic (exact) mass is 360 g/mol. The van der Waals surface area contributed by atoms with Gasteiger partial charge in [-0.15, -0.1) is 0 Å². The first-order valence-corrected chi connectivity index (χ1v) is 9.62. The second kappa shape index (κ2) is 7.38. The van der Waals surface area contributed by atoms with Gasteiger partial charge in [0.2, 0.25) is 0 Å². The number of benzene rings is 1. The smallest absolute Gasteiger partial charge is 0.260 e. The summed E-state index contributed by atoms with van der Waals surface area (Å²) in [5.74, 6) is 3.21. The summed E-state index contributed by atoms with van der Waals surface area (Å²) < 4.78 is 5.57. The van der Waals surface area contributed by atoms with Crippen LogP contribution in [0.25, 0.3) is 0 Å². The van der Waals surface area contributed by atoms with E-state index in [0.29, 0.717) is 10.8 Å². The highest BCUT2D eigenvalue weighted by Gasteiger charge is 2.36. The van der Waals surface area contributed by atoms with E-state index < -0.39 is 0 Å². The maximum atomic E-state index is 12.3. The number of allylic oxidation sites excluding steroid dienone is 2. The summed E-state index contributed by atoms with van der Waals surface area (Å²) in [6.45, 7) is 4.85. The van der Waals surface area contributed by atoms with Crippen LogP contribution in [0.15, 0.2) is 36.4 Å². The molecule has 3 atom stereocenters. The van der Waals surface area contributed by atoms with Crippen LogP contribution in [0.2, 0.25) is 5.02 Å². The van der Waals surface area contributed by atoms with Gasteiger partial charge in [0.1, 0.15) is 5.75 Å². The molecule has 5 heteroatoms. The fraction of sp³-hybridized carbons (Fsp3) is 0.550. The minimum Gasteiger partial charge on any atom is -0.484 e. The van der Waals surface area contributed by atoms with Gasteiger partial charge in [-0.05, 0) is 54.9 Å². The molecule has 25 heavy (non-hydrogen) atoms. The van der Waals surface area contributed by atoms with E-state index in [2.05, 4.69) is 17.1 Å². The molecule has 0 radical (unpaired) electrons. The molecule has 0 N–H and O–H groups in total. The quantitative estimate of drug-likeness (QED) is 0.756. The van der Waals surface area contributed by atoms with E-state index in [0.717, 1.165) is 43.9 Å². The van der Waals surface area contributed by atoms with Crippen molar-refractivity contribution in [2.75, 3.05) is 39.3 Å². The van der Waals surface area contributed by atoms with E-state index >= 15 is 0 Å². The Labute approximate surface area is 154 Å². The molecule has 0 spiro atoms. The molecule has 2 aliphatic carbocycles. The number of hydrogen-bond donors (Lipinski definition) is 0. The van der Waals surface area contributed by atoms with Crippen molar-refractivity contribution in [2.24, 2.45) is 17.8 Å². The number of halogens is 1. The molecule has 1 aromatic rings. The summed E-state index contributed by atoms with van der Waals surface area (Å²) in [4.78, 5) is 16.8. The van der Waals surface area contributed by atoms with Gasteiger partial charge in [0.05, 0.1) is 0 Å². The van der Waals surface area contributed by atoms with Gasteiger partial charge in [-0.2, -0.15) is 0 Å². The molecule has 1 saturated carbocycles. The third kappa shape index (κ3) is 4.01. The lowest BCUT2D eigenvalue weighted by molar-refractivity contribution is -0.135. The first-order chi connectivity index (χ1) is 12.2. The van der Waals surface area contributed by atoms with Crippen LogP contribution >= 0.6 is 11.6 Å². The van der Waals surface area contributed by atoms with Crippen molar-refractivity contribution in [2.45, 2.75) is 12.8 Å². The fourth-order valence-electron chi connectivity index (χ4n) is 4.38. The number of carbonyl (C=O) groups is 1. The van der Waals surface area contributed by atoms with Gasteiger partial charge in [-0.3, -0.25) is 9.69 Å². The highest BCUT2D eigenvalue weighted by atomic mass is 35.5. The molecule has 0 unspecified atom stereocenters. The van der Waals surface area contributed by atoms with Crippen molar-refractivity contribution >= 4 is 17.5 Å². The topological polar surface area (TPSA) is 32.8 Å². The van der Waals surface area contributed by atoms with E-state index in [1.807, 2.05) is 4.90 Å². The van der Waals surface area contributed by atoms with E-state index in [-0.39, 0.29) is 12.5 Å². The predicted molar refractivity (Wildman–Crippen MR) is 98.8 cm³/mol. The van der Waals surface area contributed by atoms with Crippen molar-refractivity contribution in [1.82, 2.24) is 9.80 Å². The van der Waals surface area contributed by atoms with Crippen molar-refractivity contribution in [3.05, 3.63) is 41.4 Å². The number of nitrogens with zero attached hydrogens (tertiary/aromatic N) is 2. The molecule has 2 fully saturated rings. The minimum atomic E-state index is 0.0671. The number of ether oxygens (including phenoxy) is 1. The second-order valence-electron chi connectivity index (χ2n) is 7.46. The van der Waals surface area contributed by atoms with Crippen molar-refractivity contribution in [3.8, 4) is 5.75 Å². The lowest BCUT2D eigenvalue weighted by Crippen LogP contribution is -2.51. The number of piperazine rings is 1. The van der Waals surface area contributed by atoms with E-state index in [1.54, 1.807) is 24.3 Å². The van der Waals surface area contributed by atoms with E-state index in [4.69, 9.17) is 16.3 Å². The summed E-state index contributed by atoms with van der Waals surface area (Å²) in [5, 5.41) is 0.667. The van der Waals surface area contributed by atoms with Gasteiger partial charge in [-0.25, -0.2) is 0 Å². The molecule has 1 amide bonds. The molecule has 1 heterocycles. The highest BCUT2D eigenvalue weighted by molar-refractivity contribution is 6.30. The summed E-state index contributed by atoms with van der Waals surface area (Å²) in [6.07, 6.45) is 7.55. The molecule has 4 rings (SSSR count). The zero-order chi connectivity index (χ0) is 17.2. The van der Waals surface area contributed by atoms with Crippen LogP contribution in [0, 0.1) is 17.8 Å². The largest absolute Gasteiger partial charge is 0.484 e. The Bertz CT molecular complexity index is 638. The molecular formula is C20H25ClN2O2. The van der Waals surface area contributed by atoms with Crippen molar-refractivity contribution in [3.63, 3.8) is 0 Å². The normalized spacial score (nSPS) is 28.5. The number of fused-ring (bicyclic) bond motifs is 2. The van der Waals surface area contributed by atoms with Crippen LogP contribution in [0.3, 0.4) is 0 Å². The SMILES string of the molecule is O=C(COc1ccc(Cl)cc1)N1CCN(C[C@H]2C[C@@H]3C=C[C@H]2C3)CC1. The van der Waals surface area contributed by atoms with E-state index in [1.165, 1.54) is 19.4 Å². The first-order valence-electron chi connectivity index (χ1n) is 9.24. The summed E-state index contributed by atoms with van der Waals surface area (Å²) in [6, 6.07) is 7.12. The molecule has 1 saturated heterocycles. The standard InChI is InChI=1S/C20H25ClN2O2/c21-18-3-5-19(6-4-18)25-14-20(24)23-9-7-22(8-10-23)13-17-12-15-1-2-16(17)11-15/h1-6,15-17H,7-14H2/t15-,16+,17-/m1/s1. The zero-order valence-corrected chi connectivity index (χ0v) is 15.2. The Hall–Kier alpha value is -1.52. The Balaban J connectivity index is 1.19. The van der Waals surface area contributed by atoms with E-state index in [9.17, 15) is 4.79 Å². The molecule has 4 nitrogen and oxygen atoms in total. The Kier molecular flexibility index (Phi) is 5.00. The maximum absolute atomic E-state index is 12.3. The summed E-state index contributed by atoms with van der Waals surface area (Å²) in [5.41, 5.74) is 0. The predicted octanol–water partition coefficient (Wildman–Crippen LogP) is 3.08. The Morgan fingerprint density at radius 3 is 2.48 bits per heavy atom. The average molecular weight is 361 g/mol. The van der Waals surface area contributed by atoms with Crippen LogP contribution < -0.4 is 4.74 Å². The van der Waals surface area contributed by atoms with Crippen LogP contribution in [0.5, 0.6) is 5.75 Å². The van der Waals surface area contributed by atoms with Gasteiger partial charge in [0, 0.05) is 37.7 Å². The van der Waals surface area contributed by atoms with Gasteiger partial charge >= 0.3 is 0 Å². The number of hydrogen-bond acceptors (Lipinski definition) is 3. The molecule has 134 valence electrons. The first kappa shape index (κ1) is 16.9. The van der Waals surface area contributed by atoms with Crippen LogP contribution in [0.4, 0.5) is 0 Å². The Morgan fingerprint density at radius 1 is 1.08 bits per heavy atom. The fourth-order valence-corrected chi connectivity index (χ4v) is 4.51. The molecule has 2 bridgehead atoms. The maximum Gasteiger partial charge on any atom is 0.260 e. The average Bonchev–Trinajstić information content (AvgIpc) is 3.25. The lowest BCUT2D eigenvalue weighted by atomic mass is 9.93. The molecule has 3 aliphatic rings. The van der Waals surface area contributed by atoms with Gasteiger partial charge < -0.3 is 9.64 Å². The number of carbonyl (C=O) groups excluding carboxylic acids is 1. The number of amides is 1. The van der Waals surface area contributed by atoms with Crippen LogP contribution in [-0.4, -0.2) is 55.0 Å². The van der Waals surface area contributed by atoms with Crippen LogP contribution in [-0.2, 0) is 4.79 Å². The van der Waals surface area contributed by atoms with Crippen molar-refractivity contribution < 1.29 is 9.53 Å². The molecule has 1 aliphatic heterocycles.